The first-order valence-corrected chi connectivity index (χ1v) is 4.63. The van der Waals surface area contributed by atoms with E-state index in [9.17, 15) is 4.79 Å². The number of aliphatic carboxylic acids is 1. The highest BCUT2D eigenvalue weighted by atomic mass is 16.4. The molecule has 0 aliphatic heterocycles. The Hall–Kier alpha value is -1.58. The smallest absolute Gasteiger partial charge is 0.306 e. The van der Waals surface area contributed by atoms with Crippen LogP contribution in [0.15, 0.2) is 12.3 Å². The van der Waals surface area contributed by atoms with Gasteiger partial charge in [-0.2, -0.15) is 0 Å². The number of nitrogen functional groups attached to an aromatic ring is 1. The van der Waals surface area contributed by atoms with Crippen molar-refractivity contribution in [3.8, 4) is 0 Å². The monoisotopic (exact) mass is 192 g/mol. The molecule has 4 nitrogen and oxygen atoms in total. The van der Waals surface area contributed by atoms with Crippen molar-refractivity contribution in [1.29, 1.82) is 0 Å². The van der Waals surface area contributed by atoms with Gasteiger partial charge in [0.05, 0.1) is 5.92 Å². The topological polar surface area (TPSA) is 76.2 Å². The third-order valence-electron chi connectivity index (χ3n) is 2.74. The molecule has 0 spiro atoms. The fourth-order valence-corrected chi connectivity index (χ4v) is 1.93. The highest BCUT2D eigenvalue weighted by Gasteiger charge is 2.25. The Morgan fingerprint density at radius 1 is 1.64 bits per heavy atom. The lowest BCUT2D eigenvalue weighted by Crippen LogP contribution is -2.23. The van der Waals surface area contributed by atoms with E-state index in [-0.39, 0.29) is 5.92 Å². The number of hydrogen-bond donors (Lipinski definition) is 2. The van der Waals surface area contributed by atoms with Gasteiger partial charge in [0.25, 0.3) is 0 Å². The average molecular weight is 192 g/mol. The molecular formula is C10H12N2O2. The van der Waals surface area contributed by atoms with E-state index in [0.29, 0.717) is 18.7 Å². The summed E-state index contributed by atoms with van der Waals surface area (Å²) in [7, 11) is 0. The van der Waals surface area contributed by atoms with Crippen LogP contribution in [0.1, 0.15) is 17.5 Å². The summed E-state index contributed by atoms with van der Waals surface area (Å²) in [5, 5.41) is 8.89. The molecule has 1 atom stereocenters. The van der Waals surface area contributed by atoms with Gasteiger partial charge in [-0.05, 0) is 36.5 Å². The number of pyridine rings is 1. The van der Waals surface area contributed by atoms with Gasteiger partial charge in [-0.1, -0.05) is 0 Å². The van der Waals surface area contributed by atoms with Gasteiger partial charge in [0.1, 0.15) is 5.82 Å². The molecule has 0 bridgehead atoms. The summed E-state index contributed by atoms with van der Waals surface area (Å²) in [6.45, 7) is 0. The van der Waals surface area contributed by atoms with E-state index in [1.54, 1.807) is 6.20 Å². The van der Waals surface area contributed by atoms with Gasteiger partial charge in [-0.25, -0.2) is 4.98 Å². The Morgan fingerprint density at radius 3 is 3.14 bits per heavy atom. The highest BCUT2D eigenvalue weighted by molar-refractivity contribution is 5.71. The van der Waals surface area contributed by atoms with E-state index >= 15 is 0 Å². The minimum absolute atomic E-state index is 0.260. The predicted octanol–water partition coefficient (Wildman–Crippen LogP) is 0.853. The van der Waals surface area contributed by atoms with E-state index < -0.39 is 5.97 Å². The molecule has 0 amide bonds. The maximum absolute atomic E-state index is 10.8. The van der Waals surface area contributed by atoms with Crippen LogP contribution in [0.25, 0.3) is 0 Å². The van der Waals surface area contributed by atoms with Crippen molar-refractivity contribution < 1.29 is 9.90 Å². The van der Waals surface area contributed by atoms with Crippen molar-refractivity contribution in [2.24, 2.45) is 5.92 Å². The molecule has 0 saturated heterocycles. The Kier molecular flexibility index (Phi) is 2.11. The van der Waals surface area contributed by atoms with Gasteiger partial charge in [0, 0.05) is 6.20 Å². The molecule has 0 saturated carbocycles. The van der Waals surface area contributed by atoms with Crippen LogP contribution in [-0.2, 0) is 17.6 Å². The number of carbonyl (C=O) groups is 1. The lowest BCUT2D eigenvalue weighted by Gasteiger charge is -2.21. The maximum atomic E-state index is 10.8. The number of carboxylic acids is 1. The van der Waals surface area contributed by atoms with E-state index in [2.05, 4.69) is 4.98 Å². The Morgan fingerprint density at radius 2 is 2.43 bits per heavy atom. The molecular weight excluding hydrogens is 180 g/mol. The number of fused-ring (bicyclic) bond motifs is 1. The van der Waals surface area contributed by atoms with E-state index in [0.717, 1.165) is 17.5 Å². The lowest BCUT2D eigenvalue weighted by atomic mass is 9.84. The number of nitrogens with two attached hydrogens (primary N) is 1. The zero-order valence-electron chi connectivity index (χ0n) is 7.73. The normalized spacial score (nSPS) is 20.1. The van der Waals surface area contributed by atoms with Crippen LogP contribution in [0.4, 0.5) is 5.82 Å². The first kappa shape index (κ1) is 8.99. The van der Waals surface area contributed by atoms with Crippen LogP contribution in [0.2, 0.25) is 0 Å². The maximum Gasteiger partial charge on any atom is 0.306 e. The molecule has 0 aromatic carbocycles. The summed E-state index contributed by atoms with van der Waals surface area (Å²) in [6, 6.07) is 1.86. The molecule has 1 aromatic rings. The molecule has 0 fully saturated rings. The zero-order chi connectivity index (χ0) is 10.1. The van der Waals surface area contributed by atoms with Gasteiger partial charge in [0.15, 0.2) is 0 Å². The Bertz CT molecular complexity index is 376. The van der Waals surface area contributed by atoms with Crippen molar-refractivity contribution in [3.63, 3.8) is 0 Å². The summed E-state index contributed by atoms with van der Waals surface area (Å²) in [5.41, 5.74) is 7.77. The van der Waals surface area contributed by atoms with E-state index in [1.807, 2.05) is 6.07 Å². The quantitative estimate of drug-likeness (QED) is 0.691. The number of rotatable bonds is 1. The van der Waals surface area contributed by atoms with Crippen LogP contribution in [0.5, 0.6) is 0 Å². The summed E-state index contributed by atoms with van der Waals surface area (Å²) >= 11 is 0. The Labute approximate surface area is 81.8 Å². The molecule has 4 heteroatoms. The van der Waals surface area contributed by atoms with Crippen molar-refractivity contribution in [2.75, 3.05) is 5.73 Å². The number of aromatic nitrogens is 1. The summed E-state index contributed by atoms with van der Waals surface area (Å²) in [6.07, 6.45) is 3.61. The second-order valence-electron chi connectivity index (χ2n) is 3.61. The van der Waals surface area contributed by atoms with Crippen molar-refractivity contribution in [3.05, 3.63) is 23.4 Å². The van der Waals surface area contributed by atoms with Crippen molar-refractivity contribution >= 4 is 11.8 Å². The average Bonchev–Trinajstić information content (AvgIpc) is 2.17. The number of hydrogen-bond acceptors (Lipinski definition) is 3. The highest BCUT2D eigenvalue weighted by Crippen LogP contribution is 2.28. The summed E-state index contributed by atoms with van der Waals surface area (Å²) < 4.78 is 0. The van der Waals surface area contributed by atoms with Crippen LogP contribution in [0, 0.1) is 5.92 Å². The van der Waals surface area contributed by atoms with Gasteiger partial charge in [-0.3, -0.25) is 4.79 Å². The first-order valence-electron chi connectivity index (χ1n) is 4.63. The largest absolute Gasteiger partial charge is 0.481 e. The Balaban J connectivity index is 2.31. The van der Waals surface area contributed by atoms with Gasteiger partial charge < -0.3 is 10.8 Å². The standard InChI is InChI=1S/C10H12N2O2/c11-9-8-2-1-7(10(13)14)5-6(8)3-4-12-9/h3-4,7H,1-2,5H2,(H2,11,12)(H,13,14). The fourth-order valence-electron chi connectivity index (χ4n) is 1.93. The summed E-state index contributed by atoms with van der Waals surface area (Å²) in [5.74, 6) is -0.429. The number of nitrogens with zero attached hydrogens (tertiary/aromatic N) is 1. The molecule has 1 aliphatic rings. The SMILES string of the molecule is Nc1nccc2c1CCC(C(=O)O)C2. The molecule has 3 N–H and O–H groups in total. The van der Waals surface area contributed by atoms with E-state index in [1.165, 1.54) is 0 Å². The minimum atomic E-state index is -0.717. The molecule has 1 aromatic heterocycles. The molecule has 2 rings (SSSR count). The summed E-state index contributed by atoms with van der Waals surface area (Å²) in [4.78, 5) is 14.8. The van der Waals surface area contributed by atoms with Gasteiger partial charge in [-0.15, -0.1) is 0 Å². The number of anilines is 1. The molecule has 1 aliphatic carbocycles. The minimum Gasteiger partial charge on any atom is -0.481 e. The molecule has 14 heavy (non-hydrogen) atoms. The molecule has 0 radical (unpaired) electrons. The van der Waals surface area contributed by atoms with Crippen LogP contribution < -0.4 is 5.73 Å². The molecule has 1 heterocycles. The fraction of sp³-hybridized carbons (Fsp3) is 0.400. The van der Waals surface area contributed by atoms with Crippen molar-refractivity contribution in [2.45, 2.75) is 19.3 Å². The van der Waals surface area contributed by atoms with Crippen LogP contribution >= 0.6 is 0 Å². The lowest BCUT2D eigenvalue weighted by molar-refractivity contribution is -0.142. The first-order chi connectivity index (χ1) is 6.68. The van der Waals surface area contributed by atoms with Gasteiger partial charge >= 0.3 is 5.97 Å². The van der Waals surface area contributed by atoms with Crippen molar-refractivity contribution in [1.82, 2.24) is 4.98 Å². The number of carboxylic acid groups (broad SMARTS) is 1. The van der Waals surface area contributed by atoms with E-state index in [4.69, 9.17) is 10.8 Å². The zero-order valence-corrected chi connectivity index (χ0v) is 7.73. The van der Waals surface area contributed by atoms with Crippen LogP contribution in [-0.4, -0.2) is 16.1 Å². The third kappa shape index (κ3) is 1.43. The third-order valence-corrected chi connectivity index (χ3v) is 2.74. The molecule has 74 valence electrons. The second kappa shape index (κ2) is 3.29. The second-order valence-corrected chi connectivity index (χ2v) is 3.61. The predicted molar refractivity (Wildman–Crippen MR) is 51.8 cm³/mol. The molecule has 1 unspecified atom stereocenters. The van der Waals surface area contributed by atoms with Gasteiger partial charge in [0.2, 0.25) is 0 Å². The van der Waals surface area contributed by atoms with Crippen LogP contribution in [0.3, 0.4) is 0 Å².